The molecule has 0 bridgehead atoms. The van der Waals surface area contributed by atoms with Crippen molar-refractivity contribution in [2.75, 3.05) is 5.73 Å². The number of Topliss-reactive ketones (excluding diaryl/α,β-unsaturated/α-hetero) is 1. The molecule has 0 saturated heterocycles. The predicted octanol–water partition coefficient (Wildman–Crippen LogP) is 0.274. The zero-order chi connectivity index (χ0) is 10.9. The largest absolute Gasteiger partial charge is 0.383 e. The van der Waals surface area contributed by atoms with Gasteiger partial charge in [-0.2, -0.15) is 0 Å². The first-order chi connectivity index (χ1) is 6.43. The number of rotatable bonds is 2. The van der Waals surface area contributed by atoms with Gasteiger partial charge in [0.1, 0.15) is 5.82 Å². The fourth-order valence-corrected chi connectivity index (χ4v) is 1.18. The molecular weight excluding hydrogens is 182 g/mol. The summed E-state index contributed by atoms with van der Waals surface area (Å²) in [6.07, 6.45) is 0. The van der Waals surface area contributed by atoms with Crippen LogP contribution >= 0.6 is 0 Å². The minimum Gasteiger partial charge on any atom is -0.383 e. The Bertz CT molecular complexity index is 378. The lowest BCUT2D eigenvalue weighted by atomic mass is 10.1. The third kappa shape index (κ3) is 1.71. The van der Waals surface area contributed by atoms with Gasteiger partial charge in [0.15, 0.2) is 5.78 Å². The predicted molar refractivity (Wildman–Crippen MR) is 51.9 cm³/mol. The van der Waals surface area contributed by atoms with E-state index in [9.17, 15) is 9.59 Å². The highest BCUT2D eigenvalue weighted by Gasteiger charge is 2.13. The van der Waals surface area contributed by atoms with Crippen molar-refractivity contribution in [3.8, 4) is 0 Å². The highest BCUT2D eigenvalue weighted by atomic mass is 16.1. The molecule has 0 aliphatic carbocycles. The van der Waals surface area contributed by atoms with Gasteiger partial charge in [-0.05, 0) is 19.9 Å². The number of carbonyl (C=O) groups excluding carboxylic acids is 2. The smallest absolute Gasteiger partial charge is 0.252 e. The van der Waals surface area contributed by atoms with Crippen molar-refractivity contribution in [3.05, 3.63) is 22.9 Å². The lowest BCUT2D eigenvalue weighted by Crippen LogP contribution is -2.16. The molecule has 4 N–H and O–H groups in total. The molecule has 0 aliphatic heterocycles. The second-order valence-electron chi connectivity index (χ2n) is 2.97. The van der Waals surface area contributed by atoms with Gasteiger partial charge in [0.2, 0.25) is 0 Å². The van der Waals surface area contributed by atoms with Crippen molar-refractivity contribution in [2.24, 2.45) is 5.73 Å². The van der Waals surface area contributed by atoms with E-state index in [4.69, 9.17) is 11.5 Å². The van der Waals surface area contributed by atoms with Gasteiger partial charge in [0.25, 0.3) is 5.91 Å². The van der Waals surface area contributed by atoms with Gasteiger partial charge in [0.05, 0.1) is 11.3 Å². The van der Waals surface area contributed by atoms with E-state index in [2.05, 4.69) is 4.98 Å². The van der Waals surface area contributed by atoms with Crippen LogP contribution in [0.5, 0.6) is 0 Å². The van der Waals surface area contributed by atoms with Crippen molar-refractivity contribution in [3.63, 3.8) is 0 Å². The van der Waals surface area contributed by atoms with E-state index < -0.39 is 5.91 Å². The zero-order valence-corrected chi connectivity index (χ0v) is 8.00. The summed E-state index contributed by atoms with van der Waals surface area (Å²) in [6, 6.07) is 1.38. The second-order valence-corrected chi connectivity index (χ2v) is 2.97. The highest BCUT2D eigenvalue weighted by Crippen LogP contribution is 2.14. The fraction of sp³-hybridized carbons (Fsp3) is 0.222. The van der Waals surface area contributed by atoms with Gasteiger partial charge >= 0.3 is 0 Å². The molecule has 0 aromatic carbocycles. The van der Waals surface area contributed by atoms with Crippen molar-refractivity contribution < 1.29 is 9.59 Å². The lowest BCUT2D eigenvalue weighted by molar-refractivity contribution is 0.100. The average molecular weight is 193 g/mol. The van der Waals surface area contributed by atoms with Gasteiger partial charge < -0.3 is 11.5 Å². The summed E-state index contributed by atoms with van der Waals surface area (Å²) in [7, 11) is 0. The summed E-state index contributed by atoms with van der Waals surface area (Å²) in [6.45, 7) is 3.04. The van der Waals surface area contributed by atoms with Gasteiger partial charge in [-0.15, -0.1) is 0 Å². The van der Waals surface area contributed by atoms with E-state index in [0.717, 1.165) is 0 Å². The summed E-state index contributed by atoms with van der Waals surface area (Å²) in [4.78, 5) is 25.9. The van der Waals surface area contributed by atoms with E-state index in [1.54, 1.807) is 6.92 Å². The number of aromatic nitrogens is 1. The van der Waals surface area contributed by atoms with E-state index in [1.807, 2.05) is 0 Å². The number of nitrogens with zero attached hydrogens (tertiary/aromatic N) is 1. The fourth-order valence-electron chi connectivity index (χ4n) is 1.18. The molecule has 0 atom stereocenters. The molecule has 1 aromatic heterocycles. The molecule has 0 fully saturated rings. The van der Waals surface area contributed by atoms with E-state index in [-0.39, 0.29) is 17.2 Å². The normalized spacial score (nSPS) is 9.86. The van der Waals surface area contributed by atoms with E-state index in [0.29, 0.717) is 11.3 Å². The van der Waals surface area contributed by atoms with Gasteiger partial charge in [-0.3, -0.25) is 9.59 Å². The van der Waals surface area contributed by atoms with Crippen LogP contribution in [0.2, 0.25) is 0 Å². The van der Waals surface area contributed by atoms with E-state index >= 15 is 0 Å². The lowest BCUT2D eigenvalue weighted by Gasteiger charge is -2.05. The molecule has 0 radical (unpaired) electrons. The average Bonchev–Trinajstić information content (AvgIpc) is 2.02. The van der Waals surface area contributed by atoms with Crippen LogP contribution in [0.4, 0.5) is 5.82 Å². The molecule has 1 heterocycles. The summed E-state index contributed by atoms with van der Waals surface area (Å²) in [5, 5.41) is 0. The number of nitrogen functional groups attached to an aromatic ring is 1. The Balaban J connectivity index is 3.42. The number of hydrogen-bond acceptors (Lipinski definition) is 4. The molecule has 1 amide bonds. The van der Waals surface area contributed by atoms with Gasteiger partial charge in [-0.1, -0.05) is 0 Å². The van der Waals surface area contributed by atoms with Crippen LogP contribution in [0.1, 0.15) is 33.3 Å². The number of carbonyl (C=O) groups is 2. The number of pyridine rings is 1. The third-order valence-corrected chi connectivity index (χ3v) is 1.89. The molecule has 1 aromatic rings. The van der Waals surface area contributed by atoms with Gasteiger partial charge in [-0.25, -0.2) is 4.98 Å². The summed E-state index contributed by atoms with van der Waals surface area (Å²) >= 11 is 0. The van der Waals surface area contributed by atoms with Crippen molar-refractivity contribution >= 4 is 17.5 Å². The molecule has 0 saturated carbocycles. The molecule has 14 heavy (non-hydrogen) atoms. The Kier molecular flexibility index (Phi) is 2.51. The number of hydrogen-bond donors (Lipinski definition) is 2. The third-order valence-electron chi connectivity index (χ3n) is 1.89. The van der Waals surface area contributed by atoms with Crippen LogP contribution in [-0.2, 0) is 0 Å². The number of nitrogens with two attached hydrogens (primary N) is 2. The minimum atomic E-state index is -0.683. The highest BCUT2D eigenvalue weighted by molar-refractivity contribution is 6.02. The summed E-state index contributed by atoms with van der Waals surface area (Å²) in [5.41, 5.74) is 11.5. The quantitative estimate of drug-likeness (QED) is 0.658. The first-order valence-electron chi connectivity index (χ1n) is 4.01. The van der Waals surface area contributed by atoms with Crippen molar-refractivity contribution in [1.82, 2.24) is 4.98 Å². The number of amides is 1. The number of aryl methyl sites for hydroxylation is 1. The zero-order valence-electron chi connectivity index (χ0n) is 8.00. The topological polar surface area (TPSA) is 99.1 Å². The maximum absolute atomic E-state index is 11.1. The maximum atomic E-state index is 11.1. The molecule has 5 nitrogen and oxygen atoms in total. The maximum Gasteiger partial charge on any atom is 0.252 e. The van der Waals surface area contributed by atoms with Crippen LogP contribution in [0.25, 0.3) is 0 Å². The minimum absolute atomic E-state index is 0.0556. The van der Waals surface area contributed by atoms with Crippen LogP contribution in [0.3, 0.4) is 0 Å². The summed E-state index contributed by atoms with van der Waals surface area (Å²) in [5.74, 6) is -0.796. The molecule has 0 spiro atoms. The molecule has 74 valence electrons. The Morgan fingerprint density at radius 1 is 1.36 bits per heavy atom. The summed E-state index contributed by atoms with van der Waals surface area (Å²) < 4.78 is 0. The van der Waals surface area contributed by atoms with E-state index in [1.165, 1.54) is 13.0 Å². The van der Waals surface area contributed by atoms with Gasteiger partial charge in [0, 0.05) is 5.56 Å². The SMILES string of the molecule is CC(=O)c1cc(C(N)=O)c(N)nc1C. The van der Waals surface area contributed by atoms with Crippen molar-refractivity contribution in [2.45, 2.75) is 13.8 Å². The van der Waals surface area contributed by atoms with Crippen molar-refractivity contribution in [1.29, 1.82) is 0 Å². The Hall–Kier alpha value is -1.91. The Labute approximate surface area is 81.1 Å². The molecular formula is C9H11N3O2. The molecule has 5 heteroatoms. The molecule has 0 unspecified atom stereocenters. The first-order valence-corrected chi connectivity index (χ1v) is 4.01. The van der Waals surface area contributed by atoms with Crippen LogP contribution in [0.15, 0.2) is 6.07 Å². The second kappa shape index (κ2) is 3.45. The van der Waals surface area contributed by atoms with Crippen LogP contribution in [-0.4, -0.2) is 16.7 Å². The standard InChI is InChI=1S/C9H11N3O2/c1-4-6(5(2)13)3-7(9(11)14)8(10)12-4/h3H,1-2H3,(H2,10,12)(H2,11,14). The number of ketones is 1. The Morgan fingerprint density at radius 2 is 1.93 bits per heavy atom. The number of anilines is 1. The number of primary amides is 1. The molecule has 1 rings (SSSR count). The monoisotopic (exact) mass is 193 g/mol. The van der Waals surface area contributed by atoms with Crippen LogP contribution in [0, 0.1) is 6.92 Å². The van der Waals surface area contributed by atoms with Crippen LogP contribution < -0.4 is 11.5 Å². The first kappa shape index (κ1) is 10.2. The molecule has 0 aliphatic rings. The Morgan fingerprint density at radius 3 is 2.36 bits per heavy atom.